The minimum absolute atomic E-state index is 0.354. The Balaban J connectivity index is 1.87. The summed E-state index contributed by atoms with van der Waals surface area (Å²) in [4.78, 5) is 11.1. The molecule has 1 N–H and O–H groups in total. The summed E-state index contributed by atoms with van der Waals surface area (Å²) in [6.45, 7) is 0. The highest BCUT2D eigenvalue weighted by atomic mass is 16.6. The molecule has 1 aromatic rings. The maximum absolute atomic E-state index is 11.1. The quantitative estimate of drug-likeness (QED) is 0.733. The number of esters is 1. The van der Waals surface area contributed by atoms with Gasteiger partial charge in [-0.25, -0.2) is 4.79 Å². The number of hydrogen-bond acceptors (Lipinski definition) is 4. The van der Waals surface area contributed by atoms with Crippen molar-refractivity contribution in [1.29, 1.82) is 0 Å². The average molecular weight is 232 g/mol. The molecule has 2 aliphatic rings. The van der Waals surface area contributed by atoms with Crippen LogP contribution in [-0.4, -0.2) is 29.4 Å². The van der Waals surface area contributed by atoms with E-state index in [2.05, 4.69) is 0 Å². The molecule has 2 heterocycles. The number of aliphatic hydroxyl groups is 1. The van der Waals surface area contributed by atoms with E-state index in [4.69, 9.17) is 9.47 Å². The Kier molecular flexibility index (Phi) is 2.46. The third kappa shape index (κ3) is 1.75. The molecule has 1 saturated heterocycles. The van der Waals surface area contributed by atoms with Gasteiger partial charge in [-0.3, -0.25) is 0 Å². The first-order chi connectivity index (χ1) is 8.25. The summed E-state index contributed by atoms with van der Waals surface area (Å²) in [6.07, 6.45) is 0.757. The molecule has 88 valence electrons. The van der Waals surface area contributed by atoms with Gasteiger partial charge >= 0.3 is 5.97 Å². The number of carbonyl (C=O) groups is 1. The standard InChI is InChI=1S/C13H12O4/c14-10-7-6-9-13(17-10)11(15)12(16-9)8-4-2-1-3-5-8/h1-7,9,11-13,15H/t9-,11+,12+,13+/m1/s1. The van der Waals surface area contributed by atoms with Crippen molar-refractivity contribution >= 4 is 5.97 Å². The molecule has 4 nitrogen and oxygen atoms in total. The third-order valence-electron chi connectivity index (χ3n) is 3.08. The predicted molar refractivity (Wildman–Crippen MR) is 59.1 cm³/mol. The number of carbonyl (C=O) groups excluding carboxylic acids is 1. The molecule has 0 aliphatic carbocycles. The van der Waals surface area contributed by atoms with Crippen LogP contribution in [0.3, 0.4) is 0 Å². The Morgan fingerprint density at radius 3 is 2.71 bits per heavy atom. The van der Waals surface area contributed by atoms with E-state index < -0.39 is 24.3 Å². The molecule has 0 aromatic heterocycles. The summed E-state index contributed by atoms with van der Waals surface area (Å²) < 4.78 is 10.8. The van der Waals surface area contributed by atoms with E-state index in [1.807, 2.05) is 30.3 Å². The topological polar surface area (TPSA) is 55.8 Å². The minimum Gasteiger partial charge on any atom is -0.453 e. The van der Waals surface area contributed by atoms with Crippen LogP contribution in [0.2, 0.25) is 0 Å². The lowest BCUT2D eigenvalue weighted by Crippen LogP contribution is -2.36. The van der Waals surface area contributed by atoms with Crippen molar-refractivity contribution in [3.63, 3.8) is 0 Å². The summed E-state index contributed by atoms with van der Waals surface area (Å²) >= 11 is 0. The first kappa shape index (κ1) is 10.5. The van der Waals surface area contributed by atoms with Crippen LogP contribution in [0.4, 0.5) is 0 Å². The summed E-state index contributed by atoms with van der Waals surface area (Å²) in [7, 11) is 0. The molecule has 0 bridgehead atoms. The number of aliphatic hydroxyl groups excluding tert-OH is 1. The van der Waals surface area contributed by atoms with Crippen LogP contribution in [-0.2, 0) is 14.3 Å². The van der Waals surface area contributed by atoms with E-state index >= 15 is 0 Å². The molecule has 0 spiro atoms. The molecule has 1 fully saturated rings. The van der Waals surface area contributed by atoms with E-state index in [-0.39, 0.29) is 6.10 Å². The lowest BCUT2D eigenvalue weighted by atomic mass is 10.0. The molecule has 4 atom stereocenters. The van der Waals surface area contributed by atoms with Crippen LogP contribution in [0.1, 0.15) is 11.7 Å². The summed E-state index contributed by atoms with van der Waals surface area (Å²) in [5.41, 5.74) is 0.888. The maximum Gasteiger partial charge on any atom is 0.330 e. The second-order valence-corrected chi connectivity index (χ2v) is 4.18. The maximum atomic E-state index is 11.1. The Hall–Kier alpha value is -1.65. The molecule has 0 radical (unpaired) electrons. The van der Waals surface area contributed by atoms with Gasteiger partial charge in [0.1, 0.15) is 18.3 Å². The van der Waals surface area contributed by atoms with Crippen LogP contribution >= 0.6 is 0 Å². The normalized spacial score (nSPS) is 35.5. The number of fused-ring (bicyclic) bond motifs is 1. The van der Waals surface area contributed by atoms with E-state index in [9.17, 15) is 9.90 Å². The van der Waals surface area contributed by atoms with Crippen LogP contribution < -0.4 is 0 Å². The van der Waals surface area contributed by atoms with Crippen molar-refractivity contribution in [3.05, 3.63) is 48.0 Å². The number of rotatable bonds is 1. The highest BCUT2D eigenvalue weighted by molar-refractivity contribution is 5.83. The molecule has 0 unspecified atom stereocenters. The third-order valence-corrected chi connectivity index (χ3v) is 3.08. The van der Waals surface area contributed by atoms with E-state index in [1.54, 1.807) is 6.08 Å². The SMILES string of the molecule is O=C1C=C[C@H]2O[C@@H](c3ccccc3)[C@H](O)[C@H]2O1. The van der Waals surface area contributed by atoms with Gasteiger partial charge in [-0.05, 0) is 11.6 Å². The number of benzene rings is 1. The van der Waals surface area contributed by atoms with E-state index in [0.29, 0.717) is 0 Å². The van der Waals surface area contributed by atoms with Gasteiger partial charge in [0.25, 0.3) is 0 Å². The summed E-state index contributed by atoms with van der Waals surface area (Å²) in [6, 6.07) is 9.44. The Morgan fingerprint density at radius 1 is 1.18 bits per heavy atom. The van der Waals surface area contributed by atoms with Crippen molar-refractivity contribution in [1.82, 2.24) is 0 Å². The molecule has 0 saturated carbocycles. The van der Waals surface area contributed by atoms with Gasteiger partial charge in [0, 0.05) is 6.08 Å². The molecular weight excluding hydrogens is 220 g/mol. The zero-order chi connectivity index (χ0) is 11.8. The molecule has 4 heteroatoms. The van der Waals surface area contributed by atoms with Gasteiger partial charge in [0.15, 0.2) is 6.10 Å². The van der Waals surface area contributed by atoms with E-state index in [0.717, 1.165) is 5.56 Å². The molecule has 1 aromatic carbocycles. The zero-order valence-corrected chi connectivity index (χ0v) is 9.02. The highest BCUT2D eigenvalue weighted by Crippen LogP contribution is 2.36. The number of ether oxygens (including phenoxy) is 2. The van der Waals surface area contributed by atoms with Crippen molar-refractivity contribution in [2.45, 2.75) is 24.4 Å². The van der Waals surface area contributed by atoms with Crippen LogP contribution in [0.15, 0.2) is 42.5 Å². The molecular formula is C13H12O4. The first-order valence-electron chi connectivity index (χ1n) is 5.53. The van der Waals surface area contributed by atoms with Gasteiger partial charge in [0.05, 0.1) is 0 Å². The monoisotopic (exact) mass is 232 g/mol. The molecule has 17 heavy (non-hydrogen) atoms. The van der Waals surface area contributed by atoms with E-state index in [1.165, 1.54) is 6.08 Å². The van der Waals surface area contributed by atoms with Crippen LogP contribution in [0.5, 0.6) is 0 Å². The van der Waals surface area contributed by atoms with Gasteiger partial charge < -0.3 is 14.6 Å². The van der Waals surface area contributed by atoms with Gasteiger partial charge in [-0.2, -0.15) is 0 Å². The second kappa shape index (κ2) is 3.98. The smallest absolute Gasteiger partial charge is 0.330 e. The van der Waals surface area contributed by atoms with Crippen LogP contribution in [0.25, 0.3) is 0 Å². The van der Waals surface area contributed by atoms with Gasteiger partial charge in [0.2, 0.25) is 0 Å². The van der Waals surface area contributed by atoms with Gasteiger partial charge in [-0.15, -0.1) is 0 Å². The zero-order valence-electron chi connectivity index (χ0n) is 9.02. The largest absolute Gasteiger partial charge is 0.453 e. The van der Waals surface area contributed by atoms with Gasteiger partial charge in [-0.1, -0.05) is 30.3 Å². The molecule has 2 aliphatic heterocycles. The molecule has 0 amide bonds. The summed E-state index contributed by atoms with van der Waals surface area (Å²) in [5.74, 6) is -0.428. The fourth-order valence-electron chi connectivity index (χ4n) is 2.25. The second-order valence-electron chi connectivity index (χ2n) is 4.18. The lowest BCUT2D eigenvalue weighted by Gasteiger charge is -2.20. The average Bonchev–Trinajstić information content (AvgIpc) is 2.68. The fraction of sp³-hybridized carbons (Fsp3) is 0.308. The summed E-state index contributed by atoms with van der Waals surface area (Å²) in [5, 5.41) is 10.1. The highest BCUT2D eigenvalue weighted by Gasteiger charge is 2.46. The lowest BCUT2D eigenvalue weighted by molar-refractivity contribution is -0.150. The van der Waals surface area contributed by atoms with Crippen molar-refractivity contribution < 1.29 is 19.4 Å². The Labute approximate surface area is 98.5 Å². The van der Waals surface area contributed by atoms with Crippen molar-refractivity contribution in [2.75, 3.05) is 0 Å². The van der Waals surface area contributed by atoms with Crippen LogP contribution in [0, 0.1) is 0 Å². The fourth-order valence-corrected chi connectivity index (χ4v) is 2.25. The predicted octanol–water partition coefficient (Wildman–Crippen LogP) is 0.969. The first-order valence-corrected chi connectivity index (χ1v) is 5.53. The van der Waals surface area contributed by atoms with Crippen molar-refractivity contribution in [3.8, 4) is 0 Å². The number of hydrogen-bond donors (Lipinski definition) is 1. The molecule has 3 rings (SSSR count). The van der Waals surface area contributed by atoms with Crippen molar-refractivity contribution in [2.24, 2.45) is 0 Å². The Bertz CT molecular complexity index is 454. The minimum atomic E-state index is -0.823. The Morgan fingerprint density at radius 2 is 1.94 bits per heavy atom.